The summed E-state index contributed by atoms with van der Waals surface area (Å²) in [7, 11) is 0. The molecule has 21 heavy (non-hydrogen) atoms. The van der Waals surface area contributed by atoms with E-state index in [9.17, 15) is 4.79 Å². The average Bonchev–Trinajstić information content (AvgIpc) is 3.14. The molecule has 5 heteroatoms. The van der Waals surface area contributed by atoms with Crippen molar-refractivity contribution in [3.05, 3.63) is 23.8 Å². The summed E-state index contributed by atoms with van der Waals surface area (Å²) in [6.07, 6.45) is 2.57. The van der Waals surface area contributed by atoms with Gasteiger partial charge in [0.15, 0.2) is 17.3 Å². The molecular formula is C16H20N2O3. The van der Waals surface area contributed by atoms with Crippen LogP contribution in [0, 0.1) is 0 Å². The summed E-state index contributed by atoms with van der Waals surface area (Å²) in [6.45, 7) is 5.09. The van der Waals surface area contributed by atoms with Gasteiger partial charge in [0, 0.05) is 31.2 Å². The first kappa shape index (κ1) is 13.1. The maximum absolute atomic E-state index is 12.5. The van der Waals surface area contributed by atoms with E-state index in [4.69, 9.17) is 9.47 Å². The van der Waals surface area contributed by atoms with Gasteiger partial charge in [-0.3, -0.25) is 14.6 Å². The van der Waals surface area contributed by atoms with Crippen LogP contribution in [0.2, 0.25) is 0 Å². The van der Waals surface area contributed by atoms with Gasteiger partial charge in [0.1, 0.15) is 0 Å². The third-order valence-electron chi connectivity index (χ3n) is 4.73. The Hall–Kier alpha value is -1.59. The van der Waals surface area contributed by atoms with E-state index in [-0.39, 0.29) is 12.6 Å². The summed E-state index contributed by atoms with van der Waals surface area (Å²) in [5.74, 6) is 1.58. The van der Waals surface area contributed by atoms with Crippen molar-refractivity contribution in [2.24, 2.45) is 0 Å². The zero-order chi connectivity index (χ0) is 14.2. The Bertz CT molecular complexity index is 560. The molecule has 1 unspecified atom stereocenters. The highest BCUT2D eigenvalue weighted by Gasteiger charge is 2.31. The second kappa shape index (κ2) is 5.31. The van der Waals surface area contributed by atoms with Crippen molar-refractivity contribution >= 4 is 5.78 Å². The highest BCUT2D eigenvalue weighted by atomic mass is 16.7. The fourth-order valence-corrected chi connectivity index (χ4v) is 3.56. The van der Waals surface area contributed by atoms with E-state index < -0.39 is 0 Å². The number of ether oxygens (including phenoxy) is 2. The van der Waals surface area contributed by atoms with Crippen molar-refractivity contribution in [1.29, 1.82) is 0 Å². The summed E-state index contributed by atoms with van der Waals surface area (Å²) in [5.41, 5.74) is 0.716. The van der Waals surface area contributed by atoms with Crippen molar-refractivity contribution in [2.75, 3.05) is 39.5 Å². The number of benzene rings is 1. The quantitative estimate of drug-likeness (QED) is 0.786. The van der Waals surface area contributed by atoms with Gasteiger partial charge in [-0.05, 0) is 37.6 Å². The number of piperazine rings is 1. The maximum atomic E-state index is 12.5. The van der Waals surface area contributed by atoms with E-state index in [1.807, 2.05) is 12.1 Å². The van der Waals surface area contributed by atoms with Gasteiger partial charge in [0.2, 0.25) is 6.79 Å². The Balaban J connectivity index is 1.41. The Morgan fingerprint density at radius 1 is 1.19 bits per heavy atom. The number of hydrogen-bond acceptors (Lipinski definition) is 5. The predicted octanol–water partition coefficient (Wildman–Crippen LogP) is 1.38. The highest BCUT2D eigenvalue weighted by Crippen LogP contribution is 2.32. The Morgan fingerprint density at radius 2 is 2.10 bits per heavy atom. The largest absolute Gasteiger partial charge is 0.454 e. The van der Waals surface area contributed by atoms with Crippen LogP contribution in [-0.2, 0) is 0 Å². The van der Waals surface area contributed by atoms with Crippen LogP contribution in [0.4, 0.5) is 0 Å². The minimum absolute atomic E-state index is 0.166. The van der Waals surface area contributed by atoms with Crippen molar-refractivity contribution in [2.45, 2.75) is 18.9 Å². The zero-order valence-corrected chi connectivity index (χ0v) is 12.1. The van der Waals surface area contributed by atoms with Crippen LogP contribution in [0.3, 0.4) is 0 Å². The summed E-state index contributed by atoms with van der Waals surface area (Å²) < 4.78 is 10.6. The lowest BCUT2D eigenvalue weighted by Crippen LogP contribution is -2.51. The zero-order valence-electron chi connectivity index (χ0n) is 12.1. The molecule has 0 bridgehead atoms. The van der Waals surface area contributed by atoms with E-state index in [2.05, 4.69) is 9.80 Å². The van der Waals surface area contributed by atoms with Crippen molar-refractivity contribution in [3.8, 4) is 11.5 Å². The molecule has 1 aromatic rings. The second-order valence-corrected chi connectivity index (χ2v) is 6.06. The standard InChI is InChI=1S/C16H20N2O3/c19-14(12-3-4-15-16(8-12)21-11-20-15)10-17-6-7-18-5-1-2-13(18)9-17/h3-4,8,13H,1-2,5-7,9-11H2. The molecule has 0 saturated carbocycles. The number of fused-ring (bicyclic) bond motifs is 2. The van der Waals surface area contributed by atoms with Gasteiger partial charge in [-0.25, -0.2) is 0 Å². The molecule has 112 valence electrons. The van der Waals surface area contributed by atoms with Crippen LogP contribution in [-0.4, -0.2) is 61.1 Å². The smallest absolute Gasteiger partial charge is 0.231 e. The first-order valence-corrected chi connectivity index (χ1v) is 7.69. The molecule has 0 radical (unpaired) electrons. The van der Waals surface area contributed by atoms with Gasteiger partial charge >= 0.3 is 0 Å². The normalized spacial score (nSPS) is 25.0. The molecule has 0 aliphatic carbocycles. The Morgan fingerprint density at radius 3 is 3.05 bits per heavy atom. The molecule has 0 aromatic heterocycles. The van der Waals surface area contributed by atoms with Crippen molar-refractivity contribution in [3.63, 3.8) is 0 Å². The summed E-state index contributed by atoms with van der Waals surface area (Å²) >= 11 is 0. The van der Waals surface area contributed by atoms with Crippen molar-refractivity contribution in [1.82, 2.24) is 9.80 Å². The Kier molecular flexibility index (Phi) is 3.31. The maximum Gasteiger partial charge on any atom is 0.231 e. The number of carbonyl (C=O) groups is 1. The molecule has 1 aromatic carbocycles. The lowest BCUT2D eigenvalue weighted by atomic mass is 10.1. The third kappa shape index (κ3) is 2.51. The fraction of sp³-hybridized carbons (Fsp3) is 0.562. The molecule has 3 heterocycles. The fourth-order valence-electron chi connectivity index (χ4n) is 3.56. The van der Waals surface area contributed by atoms with Crippen LogP contribution in [0.5, 0.6) is 11.5 Å². The number of carbonyl (C=O) groups excluding carboxylic acids is 1. The number of Topliss-reactive ketones (excluding diaryl/α,β-unsaturated/α-hetero) is 1. The summed E-state index contributed by atoms with van der Waals surface area (Å²) in [5, 5.41) is 0. The van der Waals surface area contributed by atoms with Gasteiger partial charge in [0.05, 0.1) is 6.54 Å². The van der Waals surface area contributed by atoms with Gasteiger partial charge in [-0.2, -0.15) is 0 Å². The predicted molar refractivity (Wildman–Crippen MR) is 77.9 cm³/mol. The highest BCUT2D eigenvalue weighted by molar-refractivity contribution is 5.98. The van der Waals surface area contributed by atoms with Gasteiger partial charge in [-0.1, -0.05) is 0 Å². The van der Waals surface area contributed by atoms with Gasteiger partial charge in [-0.15, -0.1) is 0 Å². The third-order valence-corrected chi connectivity index (χ3v) is 4.73. The van der Waals surface area contributed by atoms with Crippen LogP contribution >= 0.6 is 0 Å². The van der Waals surface area contributed by atoms with E-state index in [0.29, 0.717) is 23.9 Å². The summed E-state index contributed by atoms with van der Waals surface area (Å²) in [4.78, 5) is 17.3. The summed E-state index contributed by atoms with van der Waals surface area (Å²) in [6, 6.07) is 6.12. The van der Waals surface area contributed by atoms with Crippen LogP contribution in [0.15, 0.2) is 18.2 Å². The van der Waals surface area contributed by atoms with E-state index in [0.717, 1.165) is 25.4 Å². The van der Waals surface area contributed by atoms with E-state index in [1.54, 1.807) is 6.07 Å². The molecule has 0 spiro atoms. The molecule has 5 nitrogen and oxygen atoms in total. The topological polar surface area (TPSA) is 42.0 Å². The van der Waals surface area contributed by atoms with E-state index in [1.165, 1.54) is 19.4 Å². The van der Waals surface area contributed by atoms with Crippen LogP contribution in [0.1, 0.15) is 23.2 Å². The molecular weight excluding hydrogens is 268 g/mol. The van der Waals surface area contributed by atoms with Gasteiger partial charge < -0.3 is 9.47 Å². The molecule has 0 amide bonds. The number of rotatable bonds is 3. The lowest BCUT2D eigenvalue weighted by molar-refractivity contribution is 0.0784. The molecule has 0 N–H and O–H groups in total. The minimum atomic E-state index is 0.166. The number of nitrogens with zero attached hydrogens (tertiary/aromatic N) is 2. The molecule has 2 fully saturated rings. The lowest BCUT2D eigenvalue weighted by Gasteiger charge is -2.37. The monoisotopic (exact) mass is 288 g/mol. The molecule has 3 aliphatic heterocycles. The number of hydrogen-bond donors (Lipinski definition) is 0. The first-order chi connectivity index (χ1) is 10.3. The minimum Gasteiger partial charge on any atom is -0.454 e. The van der Waals surface area contributed by atoms with Crippen molar-refractivity contribution < 1.29 is 14.3 Å². The molecule has 4 rings (SSSR count). The number of ketones is 1. The second-order valence-electron chi connectivity index (χ2n) is 6.06. The molecule has 2 saturated heterocycles. The van der Waals surface area contributed by atoms with Crippen LogP contribution < -0.4 is 9.47 Å². The van der Waals surface area contributed by atoms with Crippen LogP contribution in [0.25, 0.3) is 0 Å². The van der Waals surface area contributed by atoms with E-state index >= 15 is 0 Å². The average molecular weight is 288 g/mol. The first-order valence-electron chi connectivity index (χ1n) is 7.69. The van der Waals surface area contributed by atoms with Gasteiger partial charge in [0.25, 0.3) is 0 Å². The molecule has 1 atom stereocenters. The Labute approximate surface area is 124 Å². The molecule has 3 aliphatic rings. The SMILES string of the molecule is O=C(CN1CCN2CCCC2C1)c1ccc2c(c1)OCO2.